The molecule has 0 atom stereocenters. The average Bonchev–Trinajstić information content (AvgIpc) is 2.43. The quantitative estimate of drug-likeness (QED) is 0.872. The lowest BCUT2D eigenvalue weighted by molar-refractivity contribution is 0.102. The second kappa shape index (κ2) is 6.72. The smallest absolute Gasteiger partial charge is 0.255 e. The van der Waals surface area contributed by atoms with Gasteiger partial charge in [0.05, 0.1) is 10.6 Å². The van der Waals surface area contributed by atoms with Crippen LogP contribution in [0.25, 0.3) is 0 Å². The highest BCUT2D eigenvalue weighted by atomic mass is 79.9. The van der Waals surface area contributed by atoms with Gasteiger partial charge in [-0.3, -0.25) is 4.79 Å². The van der Waals surface area contributed by atoms with Crippen LogP contribution in [0.15, 0.2) is 46.9 Å². The van der Waals surface area contributed by atoms with Crippen LogP contribution in [0.4, 0.5) is 10.1 Å². The Labute approximate surface area is 131 Å². The van der Waals surface area contributed by atoms with Gasteiger partial charge in [-0.15, -0.1) is 0 Å². The summed E-state index contributed by atoms with van der Waals surface area (Å²) >= 11 is 3.06. The number of anilines is 1. The van der Waals surface area contributed by atoms with Crippen LogP contribution in [0.1, 0.15) is 24.2 Å². The number of hydrogen-bond acceptors (Lipinski definition) is 2. The van der Waals surface area contributed by atoms with Gasteiger partial charge in [0.1, 0.15) is 11.6 Å². The van der Waals surface area contributed by atoms with Crippen molar-refractivity contribution in [1.82, 2.24) is 0 Å². The summed E-state index contributed by atoms with van der Waals surface area (Å²) in [6.07, 6.45) is 0.0991. The van der Waals surface area contributed by atoms with Crippen LogP contribution >= 0.6 is 15.9 Å². The summed E-state index contributed by atoms with van der Waals surface area (Å²) in [5.41, 5.74) is 1.03. The van der Waals surface area contributed by atoms with E-state index in [1.165, 1.54) is 18.2 Å². The molecule has 0 radical (unpaired) electrons. The van der Waals surface area contributed by atoms with Crippen LogP contribution in [-0.4, -0.2) is 12.0 Å². The Morgan fingerprint density at radius 3 is 2.43 bits per heavy atom. The standard InChI is InChI=1S/C16H15BrFNO2/c1-10(2)21-13-6-4-12(5-7-13)19-16(20)11-3-8-15(18)14(17)9-11/h3-10H,1-2H3,(H,19,20). The first-order valence-corrected chi connectivity index (χ1v) is 7.28. The molecule has 1 amide bonds. The van der Waals surface area contributed by atoms with E-state index in [-0.39, 0.29) is 16.5 Å². The van der Waals surface area contributed by atoms with E-state index in [0.717, 1.165) is 5.75 Å². The van der Waals surface area contributed by atoms with Crippen LogP contribution in [0.2, 0.25) is 0 Å². The third-order valence-corrected chi connectivity index (χ3v) is 3.27. The molecule has 2 aromatic carbocycles. The largest absolute Gasteiger partial charge is 0.491 e. The fourth-order valence-corrected chi connectivity index (χ4v) is 2.11. The van der Waals surface area contributed by atoms with Gasteiger partial charge in [0.25, 0.3) is 5.91 Å². The molecule has 110 valence electrons. The summed E-state index contributed by atoms with van der Waals surface area (Å²) in [7, 11) is 0. The molecule has 0 heterocycles. The predicted molar refractivity (Wildman–Crippen MR) is 84.3 cm³/mol. The molecule has 2 aromatic rings. The van der Waals surface area contributed by atoms with Gasteiger partial charge in [0.2, 0.25) is 0 Å². The van der Waals surface area contributed by atoms with E-state index in [0.29, 0.717) is 11.3 Å². The maximum absolute atomic E-state index is 13.1. The Kier molecular flexibility index (Phi) is 4.96. The maximum atomic E-state index is 13.1. The molecular formula is C16H15BrFNO2. The Balaban J connectivity index is 2.06. The van der Waals surface area contributed by atoms with Crippen molar-refractivity contribution >= 4 is 27.5 Å². The van der Waals surface area contributed by atoms with Crippen LogP contribution < -0.4 is 10.1 Å². The molecule has 3 nitrogen and oxygen atoms in total. The molecule has 0 aliphatic heterocycles. The van der Waals surface area contributed by atoms with E-state index < -0.39 is 5.82 Å². The number of hydrogen-bond donors (Lipinski definition) is 1. The number of amides is 1. The second-order valence-corrected chi connectivity index (χ2v) is 5.63. The first-order chi connectivity index (χ1) is 9.95. The van der Waals surface area contributed by atoms with Gasteiger partial charge < -0.3 is 10.1 Å². The first-order valence-electron chi connectivity index (χ1n) is 6.49. The molecule has 0 unspecified atom stereocenters. The molecule has 0 bridgehead atoms. The third kappa shape index (κ3) is 4.29. The van der Waals surface area contributed by atoms with Gasteiger partial charge in [-0.2, -0.15) is 0 Å². The molecule has 2 rings (SSSR count). The number of halogens is 2. The van der Waals surface area contributed by atoms with Gasteiger partial charge in [0.15, 0.2) is 0 Å². The van der Waals surface area contributed by atoms with E-state index in [2.05, 4.69) is 21.2 Å². The minimum absolute atomic E-state index is 0.0991. The molecule has 21 heavy (non-hydrogen) atoms. The number of ether oxygens (including phenoxy) is 1. The van der Waals surface area contributed by atoms with Gasteiger partial charge in [0, 0.05) is 11.3 Å². The molecule has 0 spiro atoms. The van der Waals surface area contributed by atoms with Crippen molar-refractivity contribution in [2.24, 2.45) is 0 Å². The van der Waals surface area contributed by atoms with Crippen LogP contribution in [-0.2, 0) is 0 Å². The Bertz CT molecular complexity index is 641. The van der Waals surface area contributed by atoms with E-state index >= 15 is 0 Å². The predicted octanol–water partition coefficient (Wildman–Crippen LogP) is 4.63. The normalized spacial score (nSPS) is 10.5. The molecule has 0 aromatic heterocycles. The Hall–Kier alpha value is -1.88. The van der Waals surface area contributed by atoms with Crippen molar-refractivity contribution in [3.8, 4) is 5.75 Å². The average molecular weight is 352 g/mol. The molecule has 0 saturated carbocycles. The van der Waals surface area contributed by atoms with Crippen molar-refractivity contribution in [2.75, 3.05) is 5.32 Å². The summed E-state index contributed by atoms with van der Waals surface area (Å²) in [4.78, 5) is 12.1. The SMILES string of the molecule is CC(C)Oc1ccc(NC(=O)c2ccc(F)c(Br)c2)cc1. The van der Waals surface area contributed by atoms with Crippen molar-refractivity contribution < 1.29 is 13.9 Å². The lowest BCUT2D eigenvalue weighted by atomic mass is 10.2. The lowest BCUT2D eigenvalue weighted by Crippen LogP contribution is -2.12. The zero-order valence-corrected chi connectivity index (χ0v) is 13.3. The third-order valence-electron chi connectivity index (χ3n) is 2.67. The number of rotatable bonds is 4. The molecular weight excluding hydrogens is 337 g/mol. The van der Waals surface area contributed by atoms with Crippen LogP contribution in [0.5, 0.6) is 5.75 Å². The monoisotopic (exact) mass is 351 g/mol. The van der Waals surface area contributed by atoms with Gasteiger partial charge in [-0.25, -0.2) is 4.39 Å². The first kappa shape index (κ1) is 15.5. The van der Waals surface area contributed by atoms with Gasteiger partial charge in [-0.05, 0) is 72.2 Å². The molecule has 5 heteroatoms. The van der Waals surface area contributed by atoms with E-state index in [1.54, 1.807) is 24.3 Å². The van der Waals surface area contributed by atoms with Gasteiger partial charge >= 0.3 is 0 Å². The minimum atomic E-state index is -0.401. The zero-order chi connectivity index (χ0) is 15.4. The maximum Gasteiger partial charge on any atom is 0.255 e. The molecule has 0 aliphatic rings. The topological polar surface area (TPSA) is 38.3 Å². The highest BCUT2D eigenvalue weighted by Gasteiger charge is 2.09. The summed E-state index contributed by atoms with van der Waals surface area (Å²) < 4.78 is 18.9. The van der Waals surface area contributed by atoms with Crippen LogP contribution in [0, 0.1) is 5.82 Å². The minimum Gasteiger partial charge on any atom is -0.491 e. The number of carbonyl (C=O) groups is 1. The van der Waals surface area contributed by atoms with E-state index in [4.69, 9.17) is 4.74 Å². The van der Waals surface area contributed by atoms with Crippen molar-refractivity contribution in [3.63, 3.8) is 0 Å². The Morgan fingerprint density at radius 1 is 1.19 bits per heavy atom. The van der Waals surface area contributed by atoms with Crippen molar-refractivity contribution in [2.45, 2.75) is 20.0 Å². The number of carbonyl (C=O) groups excluding carboxylic acids is 1. The Morgan fingerprint density at radius 2 is 1.86 bits per heavy atom. The molecule has 0 aliphatic carbocycles. The highest BCUT2D eigenvalue weighted by molar-refractivity contribution is 9.10. The van der Waals surface area contributed by atoms with Gasteiger partial charge in [-0.1, -0.05) is 0 Å². The summed E-state index contributed by atoms with van der Waals surface area (Å²) in [6.45, 7) is 3.89. The van der Waals surface area contributed by atoms with Crippen LogP contribution in [0.3, 0.4) is 0 Å². The zero-order valence-electron chi connectivity index (χ0n) is 11.7. The van der Waals surface area contributed by atoms with Crippen molar-refractivity contribution in [3.05, 3.63) is 58.3 Å². The fraction of sp³-hybridized carbons (Fsp3) is 0.188. The summed E-state index contributed by atoms with van der Waals surface area (Å²) in [6, 6.07) is 11.2. The summed E-state index contributed by atoms with van der Waals surface area (Å²) in [5.74, 6) is 0.0440. The number of nitrogens with one attached hydrogen (secondary N) is 1. The fourth-order valence-electron chi connectivity index (χ4n) is 1.73. The van der Waals surface area contributed by atoms with E-state index in [9.17, 15) is 9.18 Å². The lowest BCUT2D eigenvalue weighted by Gasteiger charge is -2.10. The second-order valence-electron chi connectivity index (χ2n) is 4.77. The molecule has 0 saturated heterocycles. The molecule has 0 fully saturated rings. The van der Waals surface area contributed by atoms with E-state index in [1.807, 2.05) is 13.8 Å². The molecule has 1 N–H and O–H groups in total. The number of benzene rings is 2. The highest BCUT2D eigenvalue weighted by Crippen LogP contribution is 2.20. The van der Waals surface area contributed by atoms with Crippen molar-refractivity contribution in [1.29, 1.82) is 0 Å². The summed E-state index contributed by atoms with van der Waals surface area (Å²) in [5, 5.41) is 2.75.